The monoisotopic (exact) mass is 271 g/mol. The van der Waals surface area contributed by atoms with Crippen LogP contribution in [-0.2, 0) is 12.0 Å². The van der Waals surface area contributed by atoms with Crippen LogP contribution in [0.1, 0.15) is 37.5 Å². The Kier molecular flexibility index (Phi) is 4.12. The van der Waals surface area contributed by atoms with E-state index in [0.717, 1.165) is 11.3 Å². The molecule has 0 aromatic heterocycles. The van der Waals surface area contributed by atoms with Gasteiger partial charge < -0.3 is 5.32 Å². The fraction of sp³-hybridized carbons (Fsp3) is 0.333. The lowest BCUT2D eigenvalue weighted by atomic mass is 9.87. The second-order valence-electron chi connectivity index (χ2n) is 6.26. The normalized spacial score (nSPS) is 11.4. The topological polar surface area (TPSA) is 12.0 Å². The maximum absolute atomic E-state index is 13.5. The van der Waals surface area contributed by atoms with Gasteiger partial charge in [-0.3, -0.25) is 0 Å². The lowest BCUT2D eigenvalue weighted by molar-refractivity contribution is 0.590. The van der Waals surface area contributed by atoms with Gasteiger partial charge in [0.25, 0.3) is 0 Å². The van der Waals surface area contributed by atoms with Crippen molar-refractivity contribution in [2.45, 2.75) is 39.7 Å². The maximum atomic E-state index is 13.5. The minimum Gasteiger partial charge on any atom is -0.381 e. The van der Waals surface area contributed by atoms with E-state index in [1.807, 2.05) is 12.1 Å². The van der Waals surface area contributed by atoms with Gasteiger partial charge in [-0.25, -0.2) is 4.39 Å². The van der Waals surface area contributed by atoms with E-state index in [0.29, 0.717) is 12.1 Å². The number of hydrogen-bond acceptors (Lipinski definition) is 1. The lowest BCUT2D eigenvalue weighted by Crippen LogP contribution is -2.10. The molecule has 2 rings (SSSR count). The van der Waals surface area contributed by atoms with Crippen molar-refractivity contribution < 1.29 is 4.39 Å². The van der Waals surface area contributed by atoms with E-state index in [-0.39, 0.29) is 11.2 Å². The van der Waals surface area contributed by atoms with Gasteiger partial charge in [-0.1, -0.05) is 45.0 Å². The summed E-state index contributed by atoms with van der Waals surface area (Å²) in [5, 5.41) is 3.32. The lowest BCUT2D eigenvalue weighted by Gasteiger charge is -2.19. The summed E-state index contributed by atoms with van der Waals surface area (Å²) in [7, 11) is 0. The molecule has 0 atom stereocenters. The van der Waals surface area contributed by atoms with Crippen LogP contribution in [0.5, 0.6) is 0 Å². The summed E-state index contributed by atoms with van der Waals surface area (Å²) in [5.74, 6) is -0.146. The zero-order valence-corrected chi connectivity index (χ0v) is 12.6. The average Bonchev–Trinajstić information content (AvgIpc) is 2.40. The molecule has 0 radical (unpaired) electrons. The standard InChI is InChI=1S/C18H22FN/c1-13-5-6-14(11-17(13)19)12-20-16-9-7-15(8-10-16)18(2,3)4/h5-11,20H,12H2,1-4H3. The summed E-state index contributed by atoms with van der Waals surface area (Å²) in [6.45, 7) is 9.00. The molecule has 1 nitrogen and oxygen atoms in total. The van der Waals surface area contributed by atoms with E-state index in [2.05, 4.69) is 50.4 Å². The molecule has 0 amide bonds. The average molecular weight is 271 g/mol. The number of halogens is 1. The quantitative estimate of drug-likeness (QED) is 0.824. The Morgan fingerprint density at radius 3 is 2.20 bits per heavy atom. The van der Waals surface area contributed by atoms with E-state index in [1.165, 1.54) is 5.56 Å². The number of nitrogens with one attached hydrogen (secondary N) is 1. The Hall–Kier alpha value is -1.83. The van der Waals surface area contributed by atoms with Crippen LogP contribution < -0.4 is 5.32 Å². The summed E-state index contributed by atoms with van der Waals surface area (Å²) in [4.78, 5) is 0. The third-order valence-corrected chi connectivity index (χ3v) is 3.48. The summed E-state index contributed by atoms with van der Waals surface area (Å²) in [6, 6.07) is 13.8. The number of aryl methyl sites for hydroxylation is 1. The second kappa shape index (κ2) is 5.66. The van der Waals surface area contributed by atoms with E-state index >= 15 is 0 Å². The molecule has 0 aliphatic carbocycles. The molecule has 0 unspecified atom stereocenters. The predicted octanol–water partition coefficient (Wildman–Crippen LogP) is 5.04. The highest BCUT2D eigenvalue weighted by atomic mass is 19.1. The molecule has 2 aromatic rings. The van der Waals surface area contributed by atoms with E-state index < -0.39 is 0 Å². The van der Waals surface area contributed by atoms with Crippen molar-refractivity contribution in [2.24, 2.45) is 0 Å². The van der Waals surface area contributed by atoms with Gasteiger partial charge in [-0.2, -0.15) is 0 Å². The van der Waals surface area contributed by atoms with Gasteiger partial charge in [0.05, 0.1) is 0 Å². The Morgan fingerprint density at radius 2 is 1.65 bits per heavy atom. The molecule has 0 saturated heterocycles. The summed E-state index contributed by atoms with van der Waals surface area (Å²) in [6.07, 6.45) is 0. The van der Waals surface area contributed by atoms with Crippen molar-refractivity contribution in [3.63, 3.8) is 0 Å². The van der Waals surface area contributed by atoms with Crippen LogP contribution in [0, 0.1) is 12.7 Å². The van der Waals surface area contributed by atoms with Crippen molar-refractivity contribution in [3.05, 3.63) is 65.0 Å². The number of hydrogen-bond donors (Lipinski definition) is 1. The first-order valence-electron chi connectivity index (χ1n) is 6.96. The first kappa shape index (κ1) is 14.6. The molecule has 0 heterocycles. The Balaban J connectivity index is 2.02. The van der Waals surface area contributed by atoms with Crippen LogP contribution >= 0.6 is 0 Å². The third-order valence-electron chi connectivity index (χ3n) is 3.48. The fourth-order valence-corrected chi connectivity index (χ4v) is 2.04. The van der Waals surface area contributed by atoms with Gasteiger partial charge in [0.1, 0.15) is 5.82 Å². The largest absolute Gasteiger partial charge is 0.381 e. The molecular weight excluding hydrogens is 249 g/mol. The smallest absolute Gasteiger partial charge is 0.126 e. The van der Waals surface area contributed by atoms with E-state index in [1.54, 1.807) is 13.0 Å². The van der Waals surface area contributed by atoms with Crippen LogP contribution in [0.15, 0.2) is 42.5 Å². The maximum Gasteiger partial charge on any atom is 0.126 e. The number of rotatable bonds is 3. The molecule has 2 aromatic carbocycles. The Labute approximate surface area is 120 Å². The van der Waals surface area contributed by atoms with Crippen molar-refractivity contribution >= 4 is 5.69 Å². The van der Waals surface area contributed by atoms with Gasteiger partial charge in [0.2, 0.25) is 0 Å². The van der Waals surface area contributed by atoms with Crippen LogP contribution in [0.25, 0.3) is 0 Å². The zero-order valence-electron chi connectivity index (χ0n) is 12.6. The molecule has 0 saturated carbocycles. The first-order chi connectivity index (χ1) is 9.36. The minimum atomic E-state index is -0.146. The van der Waals surface area contributed by atoms with Crippen molar-refractivity contribution in [1.29, 1.82) is 0 Å². The van der Waals surface area contributed by atoms with E-state index in [4.69, 9.17) is 0 Å². The van der Waals surface area contributed by atoms with Gasteiger partial charge in [-0.05, 0) is 47.2 Å². The van der Waals surface area contributed by atoms with Crippen molar-refractivity contribution in [1.82, 2.24) is 0 Å². The number of benzene rings is 2. The van der Waals surface area contributed by atoms with Crippen LogP contribution in [0.3, 0.4) is 0 Å². The molecule has 0 aliphatic heterocycles. The highest BCUT2D eigenvalue weighted by molar-refractivity contribution is 5.46. The SMILES string of the molecule is Cc1ccc(CNc2ccc(C(C)(C)C)cc2)cc1F. The summed E-state index contributed by atoms with van der Waals surface area (Å²) >= 11 is 0. The molecule has 20 heavy (non-hydrogen) atoms. The molecule has 0 spiro atoms. The van der Waals surface area contributed by atoms with Crippen LogP contribution in [-0.4, -0.2) is 0 Å². The van der Waals surface area contributed by atoms with Gasteiger partial charge in [0, 0.05) is 12.2 Å². The second-order valence-corrected chi connectivity index (χ2v) is 6.26. The van der Waals surface area contributed by atoms with Gasteiger partial charge >= 0.3 is 0 Å². The van der Waals surface area contributed by atoms with E-state index in [9.17, 15) is 4.39 Å². The fourth-order valence-electron chi connectivity index (χ4n) is 2.04. The number of anilines is 1. The summed E-state index contributed by atoms with van der Waals surface area (Å²) in [5.41, 5.74) is 4.17. The predicted molar refractivity (Wildman–Crippen MR) is 83.6 cm³/mol. The highest BCUT2D eigenvalue weighted by Gasteiger charge is 2.12. The minimum absolute atomic E-state index is 0.146. The third kappa shape index (κ3) is 3.60. The van der Waals surface area contributed by atoms with Gasteiger partial charge in [0.15, 0.2) is 0 Å². The van der Waals surface area contributed by atoms with Crippen LogP contribution in [0.2, 0.25) is 0 Å². The Bertz CT molecular complexity index is 579. The molecule has 0 bridgehead atoms. The molecule has 106 valence electrons. The first-order valence-corrected chi connectivity index (χ1v) is 6.96. The summed E-state index contributed by atoms with van der Waals surface area (Å²) < 4.78 is 13.5. The molecule has 0 aliphatic rings. The molecule has 2 heteroatoms. The van der Waals surface area contributed by atoms with Crippen molar-refractivity contribution in [3.8, 4) is 0 Å². The van der Waals surface area contributed by atoms with Crippen molar-refractivity contribution in [2.75, 3.05) is 5.32 Å². The van der Waals surface area contributed by atoms with Gasteiger partial charge in [-0.15, -0.1) is 0 Å². The highest BCUT2D eigenvalue weighted by Crippen LogP contribution is 2.23. The molecule has 1 N–H and O–H groups in total. The Morgan fingerprint density at radius 1 is 1.00 bits per heavy atom. The molecule has 0 fully saturated rings. The van der Waals surface area contributed by atoms with Crippen LogP contribution in [0.4, 0.5) is 10.1 Å². The zero-order chi connectivity index (χ0) is 14.8. The molecular formula is C18H22FN.